The Bertz CT molecular complexity index is 197. The lowest BCUT2D eigenvalue weighted by Gasteiger charge is -2.17. The lowest BCUT2D eigenvalue weighted by Crippen LogP contribution is -2.43. The van der Waals surface area contributed by atoms with E-state index in [1.54, 1.807) is 0 Å². The van der Waals surface area contributed by atoms with Crippen LogP contribution in [0, 0.1) is 0 Å². The molecule has 0 spiro atoms. The first-order valence-electron chi connectivity index (χ1n) is 4.14. The van der Waals surface area contributed by atoms with E-state index >= 15 is 0 Å². The van der Waals surface area contributed by atoms with Crippen molar-refractivity contribution < 1.29 is 9.59 Å². The maximum absolute atomic E-state index is 11.4. The smallest absolute Gasteiger partial charge is 0.246 e. The average Bonchev–Trinajstić information content (AvgIpc) is 2.53. The van der Waals surface area contributed by atoms with Gasteiger partial charge in [-0.05, 0) is 19.4 Å². The second-order valence-electron chi connectivity index (χ2n) is 3.07. The molecule has 1 fully saturated rings. The van der Waals surface area contributed by atoms with Crippen LogP contribution < -0.4 is 5.32 Å². The zero-order chi connectivity index (χ0) is 9.14. The van der Waals surface area contributed by atoms with Crippen molar-refractivity contribution in [3.8, 4) is 0 Å². The van der Waals surface area contributed by atoms with E-state index in [9.17, 15) is 9.59 Å². The zero-order valence-electron chi connectivity index (χ0n) is 7.46. The number of hydrogen-bond donors (Lipinski definition) is 1. The van der Waals surface area contributed by atoms with E-state index in [1.807, 2.05) is 0 Å². The van der Waals surface area contributed by atoms with Crippen molar-refractivity contribution in [3.05, 3.63) is 0 Å². The highest BCUT2D eigenvalue weighted by Gasteiger charge is 2.26. The largest absolute Gasteiger partial charge is 0.306 e. The van der Waals surface area contributed by atoms with Crippen molar-refractivity contribution >= 4 is 11.8 Å². The lowest BCUT2D eigenvalue weighted by molar-refractivity contribution is -0.142. The first kappa shape index (κ1) is 9.19. The van der Waals surface area contributed by atoms with E-state index in [1.165, 1.54) is 18.9 Å². The van der Waals surface area contributed by atoms with Crippen LogP contribution in [0.5, 0.6) is 0 Å². The Kier molecular flexibility index (Phi) is 2.81. The molecule has 1 aliphatic rings. The Labute approximate surface area is 71.9 Å². The monoisotopic (exact) mass is 170 g/mol. The minimum absolute atomic E-state index is 0.111. The third-order valence-electron chi connectivity index (χ3n) is 2.16. The summed E-state index contributed by atoms with van der Waals surface area (Å²) in [5.41, 5.74) is 0. The number of amides is 2. The molecule has 1 aliphatic heterocycles. The molecule has 1 atom stereocenters. The molecule has 0 aliphatic carbocycles. The molecule has 1 N–H and O–H groups in total. The number of imide groups is 1. The van der Waals surface area contributed by atoms with Crippen LogP contribution in [0.15, 0.2) is 0 Å². The van der Waals surface area contributed by atoms with Gasteiger partial charge in [0.1, 0.15) is 0 Å². The summed E-state index contributed by atoms with van der Waals surface area (Å²) >= 11 is 0. The van der Waals surface area contributed by atoms with Crippen LogP contribution >= 0.6 is 0 Å². The summed E-state index contributed by atoms with van der Waals surface area (Å²) in [5, 5.41) is 3.05. The molecule has 68 valence electrons. The van der Waals surface area contributed by atoms with Crippen LogP contribution in [-0.4, -0.2) is 36.3 Å². The summed E-state index contributed by atoms with van der Waals surface area (Å²) in [6.07, 6.45) is 1.86. The summed E-state index contributed by atoms with van der Waals surface area (Å²) in [7, 11) is 1.52. The summed E-state index contributed by atoms with van der Waals surface area (Å²) in [6, 6.07) is -0.140. The zero-order valence-corrected chi connectivity index (χ0v) is 7.46. The maximum Gasteiger partial charge on any atom is 0.246 e. The quantitative estimate of drug-likeness (QED) is 0.590. The number of nitrogens with one attached hydrogen (secondary N) is 1. The van der Waals surface area contributed by atoms with Crippen molar-refractivity contribution in [2.45, 2.75) is 25.8 Å². The average molecular weight is 170 g/mol. The SMILES string of the molecule is CC(=O)N(C)C(=O)C1CCCN1. The minimum atomic E-state index is -0.200. The molecule has 12 heavy (non-hydrogen) atoms. The van der Waals surface area contributed by atoms with Gasteiger partial charge in [0.2, 0.25) is 11.8 Å². The third-order valence-corrected chi connectivity index (χ3v) is 2.16. The van der Waals surface area contributed by atoms with Crippen LogP contribution in [-0.2, 0) is 9.59 Å². The first-order valence-corrected chi connectivity index (χ1v) is 4.14. The molecule has 4 heteroatoms. The Morgan fingerprint density at radius 2 is 2.17 bits per heavy atom. The number of nitrogens with zero attached hydrogens (tertiary/aromatic N) is 1. The molecule has 0 aromatic heterocycles. The summed E-state index contributed by atoms with van der Waals surface area (Å²) in [6.45, 7) is 2.27. The van der Waals surface area contributed by atoms with Crippen molar-refractivity contribution in [1.29, 1.82) is 0 Å². The van der Waals surface area contributed by atoms with Gasteiger partial charge in [0.15, 0.2) is 0 Å². The molecule has 4 nitrogen and oxygen atoms in total. The fourth-order valence-electron chi connectivity index (χ4n) is 1.28. The maximum atomic E-state index is 11.4. The van der Waals surface area contributed by atoms with E-state index in [0.29, 0.717) is 0 Å². The molecule has 1 unspecified atom stereocenters. The molecule has 0 aromatic carbocycles. The third kappa shape index (κ3) is 1.82. The van der Waals surface area contributed by atoms with Gasteiger partial charge in [-0.25, -0.2) is 0 Å². The molecule has 1 heterocycles. The van der Waals surface area contributed by atoms with Crippen LogP contribution in [0.25, 0.3) is 0 Å². The number of rotatable bonds is 1. The van der Waals surface area contributed by atoms with Crippen molar-refractivity contribution in [1.82, 2.24) is 10.2 Å². The molecule has 1 saturated heterocycles. The number of likely N-dealkylation sites (N-methyl/N-ethyl adjacent to an activating group) is 1. The Morgan fingerprint density at radius 3 is 2.58 bits per heavy atom. The standard InChI is InChI=1S/C8H14N2O2/c1-6(11)10(2)8(12)7-4-3-5-9-7/h7,9H,3-5H2,1-2H3. The van der Waals surface area contributed by atoms with Gasteiger partial charge in [0.25, 0.3) is 0 Å². The molecule has 1 rings (SSSR count). The van der Waals surface area contributed by atoms with Gasteiger partial charge in [0, 0.05) is 14.0 Å². The van der Waals surface area contributed by atoms with Crippen molar-refractivity contribution in [2.24, 2.45) is 0 Å². The molecule has 0 radical (unpaired) electrons. The van der Waals surface area contributed by atoms with Gasteiger partial charge in [-0.15, -0.1) is 0 Å². The van der Waals surface area contributed by atoms with Gasteiger partial charge in [-0.1, -0.05) is 0 Å². The first-order chi connectivity index (χ1) is 5.63. The van der Waals surface area contributed by atoms with Crippen LogP contribution in [0.2, 0.25) is 0 Å². The predicted octanol–water partition coefficient (Wildman–Crippen LogP) is -0.257. The van der Waals surface area contributed by atoms with Gasteiger partial charge < -0.3 is 5.32 Å². The Morgan fingerprint density at radius 1 is 1.50 bits per heavy atom. The fourth-order valence-corrected chi connectivity index (χ4v) is 1.28. The number of carbonyl (C=O) groups is 2. The molecule has 0 bridgehead atoms. The van der Waals surface area contributed by atoms with Crippen molar-refractivity contribution in [3.63, 3.8) is 0 Å². The van der Waals surface area contributed by atoms with Crippen LogP contribution in [0.3, 0.4) is 0 Å². The highest BCUT2D eigenvalue weighted by molar-refractivity contribution is 5.96. The molecular weight excluding hydrogens is 156 g/mol. The van der Waals surface area contributed by atoms with E-state index in [-0.39, 0.29) is 17.9 Å². The van der Waals surface area contributed by atoms with Crippen molar-refractivity contribution in [2.75, 3.05) is 13.6 Å². The summed E-state index contributed by atoms with van der Waals surface area (Å²) in [4.78, 5) is 23.4. The fraction of sp³-hybridized carbons (Fsp3) is 0.750. The van der Waals surface area contributed by atoms with Gasteiger partial charge in [0.05, 0.1) is 6.04 Å². The molecule has 0 saturated carbocycles. The Balaban J connectivity index is 2.51. The normalized spacial score (nSPS) is 22.3. The highest BCUT2D eigenvalue weighted by atomic mass is 16.2. The Hall–Kier alpha value is -0.900. The second-order valence-corrected chi connectivity index (χ2v) is 3.07. The van der Waals surface area contributed by atoms with Crippen LogP contribution in [0.4, 0.5) is 0 Å². The van der Waals surface area contributed by atoms with Gasteiger partial charge in [-0.2, -0.15) is 0 Å². The van der Waals surface area contributed by atoms with E-state index in [4.69, 9.17) is 0 Å². The van der Waals surface area contributed by atoms with E-state index in [2.05, 4.69) is 5.32 Å². The second kappa shape index (κ2) is 3.67. The topological polar surface area (TPSA) is 49.4 Å². The van der Waals surface area contributed by atoms with E-state index in [0.717, 1.165) is 19.4 Å². The summed E-state index contributed by atoms with van der Waals surface area (Å²) in [5.74, 6) is -0.311. The summed E-state index contributed by atoms with van der Waals surface area (Å²) < 4.78 is 0. The highest BCUT2D eigenvalue weighted by Crippen LogP contribution is 2.07. The molecule has 2 amide bonds. The minimum Gasteiger partial charge on any atom is -0.306 e. The molecule has 0 aromatic rings. The molecular formula is C8H14N2O2. The number of hydrogen-bond acceptors (Lipinski definition) is 3. The van der Waals surface area contributed by atoms with E-state index < -0.39 is 0 Å². The lowest BCUT2D eigenvalue weighted by atomic mass is 10.2. The predicted molar refractivity (Wildman–Crippen MR) is 44.5 cm³/mol. The number of carbonyl (C=O) groups excluding carboxylic acids is 2. The van der Waals surface area contributed by atoms with Crippen LogP contribution in [0.1, 0.15) is 19.8 Å². The van der Waals surface area contributed by atoms with Gasteiger partial charge in [-0.3, -0.25) is 14.5 Å². The van der Waals surface area contributed by atoms with Gasteiger partial charge >= 0.3 is 0 Å².